The van der Waals surface area contributed by atoms with Crippen LogP contribution in [-0.4, -0.2) is 27.8 Å². The first-order chi connectivity index (χ1) is 9.11. The Bertz CT molecular complexity index is 648. The number of aromatic amines is 1. The number of rotatable bonds is 4. The van der Waals surface area contributed by atoms with Crippen molar-refractivity contribution in [1.82, 2.24) is 14.9 Å². The number of carbonyl (C=O) groups is 1. The maximum atomic E-state index is 11.9. The van der Waals surface area contributed by atoms with E-state index in [1.807, 2.05) is 13.0 Å². The van der Waals surface area contributed by atoms with Gasteiger partial charge in [-0.05, 0) is 18.6 Å². The van der Waals surface area contributed by atoms with Crippen molar-refractivity contribution in [2.75, 3.05) is 7.05 Å². The predicted molar refractivity (Wildman–Crippen MR) is 73.7 cm³/mol. The van der Waals surface area contributed by atoms with Crippen LogP contribution in [0.3, 0.4) is 0 Å². The fourth-order valence-electron chi connectivity index (χ4n) is 1.93. The maximum Gasteiger partial charge on any atom is 0.258 e. The van der Waals surface area contributed by atoms with Crippen LogP contribution >= 0.6 is 0 Å². The molecule has 0 radical (unpaired) electrons. The summed E-state index contributed by atoms with van der Waals surface area (Å²) in [5, 5.41) is 0.564. The summed E-state index contributed by atoms with van der Waals surface area (Å²) in [6.45, 7) is 2.28. The predicted octanol–water partition coefficient (Wildman–Crippen LogP) is 1.68. The molecule has 5 nitrogen and oxygen atoms in total. The highest BCUT2D eigenvalue weighted by Crippen LogP contribution is 2.07. The molecule has 0 fully saturated rings. The lowest BCUT2D eigenvalue weighted by Gasteiger charge is -2.16. The third-order valence-electron chi connectivity index (χ3n) is 2.94. The zero-order valence-electron chi connectivity index (χ0n) is 11.1. The minimum absolute atomic E-state index is 0.0540. The Morgan fingerprint density at radius 1 is 1.37 bits per heavy atom. The van der Waals surface area contributed by atoms with E-state index in [-0.39, 0.29) is 11.5 Å². The number of nitrogens with one attached hydrogen (secondary N) is 1. The van der Waals surface area contributed by atoms with E-state index in [1.54, 1.807) is 30.1 Å². The average molecular weight is 259 g/mol. The van der Waals surface area contributed by atoms with E-state index in [4.69, 9.17) is 0 Å². The highest BCUT2D eigenvalue weighted by Gasteiger charge is 2.10. The number of aromatic nitrogens is 2. The molecule has 0 bridgehead atoms. The fraction of sp³-hybridized carbons (Fsp3) is 0.357. The van der Waals surface area contributed by atoms with Gasteiger partial charge in [-0.1, -0.05) is 19.1 Å². The molecule has 1 aromatic carbocycles. The van der Waals surface area contributed by atoms with E-state index >= 15 is 0 Å². The van der Waals surface area contributed by atoms with E-state index in [0.717, 1.165) is 6.42 Å². The summed E-state index contributed by atoms with van der Waals surface area (Å²) in [5.41, 5.74) is 0.481. The van der Waals surface area contributed by atoms with E-state index in [1.165, 1.54) is 0 Å². The molecule has 1 amide bonds. The van der Waals surface area contributed by atoms with Gasteiger partial charge in [0.1, 0.15) is 5.82 Å². The lowest BCUT2D eigenvalue weighted by molar-refractivity contribution is -0.130. The number of hydrogen-bond donors (Lipinski definition) is 1. The molecule has 100 valence electrons. The third-order valence-corrected chi connectivity index (χ3v) is 2.94. The van der Waals surface area contributed by atoms with E-state index in [0.29, 0.717) is 29.7 Å². The third kappa shape index (κ3) is 2.99. The summed E-state index contributed by atoms with van der Waals surface area (Å²) in [4.78, 5) is 32.2. The summed E-state index contributed by atoms with van der Waals surface area (Å²) in [7, 11) is 1.72. The molecule has 0 aliphatic heterocycles. The lowest BCUT2D eigenvalue weighted by Crippen LogP contribution is -2.28. The second-order valence-electron chi connectivity index (χ2n) is 4.53. The largest absolute Gasteiger partial charge is 0.338 e. The first-order valence-electron chi connectivity index (χ1n) is 6.33. The van der Waals surface area contributed by atoms with Gasteiger partial charge >= 0.3 is 0 Å². The van der Waals surface area contributed by atoms with Crippen molar-refractivity contribution >= 4 is 16.8 Å². The van der Waals surface area contributed by atoms with Gasteiger partial charge in [0.25, 0.3) is 5.56 Å². The quantitative estimate of drug-likeness (QED) is 0.908. The van der Waals surface area contributed by atoms with Crippen molar-refractivity contribution in [3.8, 4) is 0 Å². The Labute approximate surface area is 111 Å². The van der Waals surface area contributed by atoms with Crippen LogP contribution in [0.2, 0.25) is 0 Å². The van der Waals surface area contributed by atoms with Crippen molar-refractivity contribution in [3.05, 3.63) is 40.4 Å². The van der Waals surface area contributed by atoms with Crippen LogP contribution < -0.4 is 5.56 Å². The van der Waals surface area contributed by atoms with Gasteiger partial charge in [0, 0.05) is 13.5 Å². The summed E-state index contributed by atoms with van der Waals surface area (Å²) in [5.74, 6) is 0.564. The second kappa shape index (κ2) is 5.65. The number of benzene rings is 1. The van der Waals surface area contributed by atoms with Crippen molar-refractivity contribution in [3.63, 3.8) is 0 Å². The van der Waals surface area contributed by atoms with Crippen LogP contribution in [-0.2, 0) is 11.3 Å². The van der Waals surface area contributed by atoms with Crippen molar-refractivity contribution in [2.24, 2.45) is 0 Å². The number of H-pyrrole nitrogens is 1. The standard InChI is InChI=1S/C14H17N3O2/c1-3-6-13(18)17(2)9-12-15-11-8-5-4-7-10(11)14(19)16-12/h4-5,7-8H,3,6,9H2,1-2H3,(H,15,16,19). The number of para-hydroxylation sites is 1. The van der Waals surface area contributed by atoms with Crippen LogP contribution in [0.25, 0.3) is 10.9 Å². The monoisotopic (exact) mass is 259 g/mol. The number of nitrogens with zero attached hydrogens (tertiary/aromatic N) is 2. The maximum absolute atomic E-state index is 11.9. The Morgan fingerprint density at radius 3 is 2.84 bits per heavy atom. The Balaban J connectivity index is 2.26. The van der Waals surface area contributed by atoms with Gasteiger partial charge < -0.3 is 9.88 Å². The SMILES string of the molecule is CCCC(=O)N(C)Cc1nc2ccccc2c(=O)[nH]1. The Kier molecular flexibility index (Phi) is 3.94. The van der Waals surface area contributed by atoms with Gasteiger partial charge in [-0.15, -0.1) is 0 Å². The topological polar surface area (TPSA) is 66.1 Å². The summed E-state index contributed by atoms with van der Waals surface area (Å²) in [6.07, 6.45) is 1.32. The second-order valence-corrected chi connectivity index (χ2v) is 4.53. The normalized spacial score (nSPS) is 10.6. The Morgan fingerprint density at radius 2 is 2.11 bits per heavy atom. The van der Waals surface area contributed by atoms with Gasteiger partial charge in [0.2, 0.25) is 5.91 Å². The lowest BCUT2D eigenvalue weighted by atomic mass is 10.2. The molecule has 0 atom stereocenters. The van der Waals surface area contributed by atoms with Crippen LogP contribution in [0.5, 0.6) is 0 Å². The minimum atomic E-state index is -0.169. The molecule has 1 N–H and O–H groups in total. The summed E-state index contributed by atoms with van der Waals surface area (Å²) in [6, 6.07) is 7.17. The van der Waals surface area contributed by atoms with E-state index < -0.39 is 0 Å². The fourth-order valence-corrected chi connectivity index (χ4v) is 1.93. The average Bonchev–Trinajstić information content (AvgIpc) is 2.39. The van der Waals surface area contributed by atoms with Crippen LogP contribution in [0.15, 0.2) is 29.1 Å². The molecule has 0 saturated heterocycles. The number of hydrogen-bond acceptors (Lipinski definition) is 3. The molecule has 1 heterocycles. The molecule has 0 aliphatic rings. The van der Waals surface area contributed by atoms with E-state index in [9.17, 15) is 9.59 Å². The first-order valence-corrected chi connectivity index (χ1v) is 6.33. The van der Waals surface area contributed by atoms with Gasteiger partial charge in [-0.2, -0.15) is 0 Å². The van der Waals surface area contributed by atoms with Crippen LogP contribution in [0, 0.1) is 0 Å². The van der Waals surface area contributed by atoms with Gasteiger partial charge in [0.05, 0.1) is 17.4 Å². The summed E-state index contributed by atoms with van der Waals surface area (Å²) < 4.78 is 0. The minimum Gasteiger partial charge on any atom is -0.338 e. The molecule has 0 saturated carbocycles. The molecule has 19 heavy (non-hydrogen) atoms. The Hall–Kier alpha value is -2.17. The van der Waals surface area contributed by atoms with Crippen LogP contribution in [0.1, 0.15) is 25.6 Å². The van der Waals surface area contributed by atoms with Crippen molar-refractivity contribution in [1.29, 1.82) is 0 Å². The van der Waals surface area contributed by atoms with Gasteiger partial charge in [0.15, 0.2) is 0 Å². The van der Waals surface area contributed by atoms with Crippen molar-refractivity contribution in [2.45, 2.75) is 26.3 Å². The highest BCUT2D eigenvalue weighted by atomic mass is 16.2. The number of fused-ring (bicyclic) bond motifs is 1. The molecule has 0 unspecified atom stereocenters. The molecule has 1 aromatic heterocycles. The zero-order valence-corrected chi connectivity index (χ0v) is 11.1. The summed E-state index contributed by atoms with van der Waals surface area (Å²) >= 11 is 0. The first kappa shape index (κ1) is 13.3. The smallest absolute Gasteiger partial charge is 0.258 e. The number of carbonyl (C=O) groups excluding carboxylic acids is 1. The highest BCUT2D eigenvalue weighted by molar-refractivity contribution is 5.77. The molecular weight excluding hydrogens is 242 g/mol. The molecule has 0 spiro atoms. The van der Waals surface area contributed by atoms with Crippen LogP contribution in [0.4, 0.5) is 0 Å². The molecular formula is C14H17N3O2. The van der Waals surface area contributed by atoms with E-state index in [2.05, 4.69) is 9.97 Å². The molecule has 2 aromatic rings. The van der Waals surface area contributed by atoms with Crippen molar-refractivity contribution < 1.29 is 4.79 Å². The van der Waals surface area contributed by atoms with Gasteiger partial charge in [-0.3, -0.25) is 9.59 Å². The molecule has 2 rings (SSSR count). The number of amides is 1. The molecule has 5 heteroatoms. The zero-order chi connectivity index (χ0) is 13.8. The van der Waals surface area contributed by atoms with Gasteiger partial charge in [-0.25, -0.2) is 4.98 Å². The molecule has 0 aliphatic carbocycles.